The van der Waals surface area contributed by atoms with E-state index in [-0.39, 0.29) is 6.42 Å². The first-order valence-electron chi connectivity index (χ1n) is 5.46. The quantitative estimate of drug-likeness (QED) is 0.853. The monoisotopic (exact) mass is 260 g/mol. The second kappa shape index (κ2) is 5.86. The molecule has 0 saturated carbocycles. The molecular weight excluding hydrogens is 245 g/mol. The predicted molar refractivity (Wildman–Crippen MR) is 63.1 cm³/mol. The molecule has 0 saturated heterocycles. The van der Waals surface area contributed by atoms with Gasteiger partial charge < -0.3 is 10.3 Å². The van der Waals surface area contributed by atoms with Crippen LogP contribution in [0.15, 0.2) is 18.3 Å². The summed E-state index contributed by atoms with van der Waals surface area (Å²) in [5, 5.41) is 2.40. The minimum absolute atomic E-state index is 0.00287. The average molecular weight is 260 g/mol. The smallest absolute Gasteiger partial charge is 0.361 e. The number of H-pyrrole nitrogens is 1. The first kappa shape index (κ1) is 14.5. The third kappa shape index (κ3) is 3.73. The average Bonchev–Trinajstić information content (AvgIpc) is 2.72. The SMILES string of the molecule is C/C=C\c1cc(CC(NC)C(=O)C(F)(F)F)c[nH]1. The molecule has 0 radical (unpaired) electrons. The molecule has 2 N–H and O–H groups in total. The first-order valence-corrected chi connectivity index (χ1v) is 5.46. The van der Waals surface area contributed by atoms with Gasteiger partial charge in [-0.2, -0.15) is 13.2 Å². The zero-order valence-corrected chi connectivity index (χ0v) is 10.1. The highest BCUT2D eigenvalue weighted by Gasteiger charge is 2.42. The molecule has 0 spiro atoms. The van der Waals surface area contributed by atoms with Crippen LogP contribution in [0.25, 0.3) is 6.08 Å². The van der Waals surface area contributed by atoms with Gasteiger partial charge in [-0.05, 0) is 38.1 Å². The van der Waals surface area contributed by atoms with Crippen molar-refractivity contribution < 1.29 is 18.0 Å². The highest BCUT2D eigenvalue weighted by Crippen LogP contribution is 2.20. The van der Waals surface area contributed by atoms with Gasteiger partial charge in [-0.1, -0.05) is 6.08 Å². The van der Waals surface area contributed by atoms with Crippen LogP contribution in [-0.4, -0.2) is 30.0 Å². The Labute approximate surface area is 103 Å². The molecule has 1 aromatic heterocycles. The molecule has 0 fully saturated rings. The Bertz CT molecular complexity index is 435. The van der Waals surface area contributed by atoms with Gasteiger partial charge in [0.25, 0.3) is 5.78 Å². The Kier molecular flexibility index (Phi) is 4.72. The standard InChI is InChI=1S/C12H15F3N2O/c1-3-4-9-5-8(7-17-9)6-10(16-2)11(18)12(13,14)15/h3-5,7,10,16-17H,6H2,1-2H3/b4-3-. The van der Waals surface area contributed by atoms with E-state index < -0.39 is 18.0 Å². The van der Waals surface area contributed by atoms with E-state index in [0.29, 0.717) is 5.56 Å². The lowest BCUT2D eigenvalue weighted by atomic mass is 10.0. The van der Waals surface area contributed by atoms with Gasteiger partial charge in [0.2, 0.25) is 0 Å². The van der Waals surface area contributed by atoms with Gasteiger partial charge in [-0.15, -0.1) is 0 Å². The highest BCUT2D eigenvalue weighted by atomic mass is 19.4. The van der Waals surface area contributed by atoms with Crippen LogP contribution in [0.1, 0.15) is 18.2 Å². The van der Waals surface area contributed by atoms with Gasteiger partial charge in [0, 0.05) is 11.9 Å². The molecule has 1 aromatic rings. The molecule has 6 heteroatoms. The Morgan fingerprint density at radius 3 is 2.72 bits per heavy atom. The molecule has 0 aliphatic carbocycles. The molecule has 1 heterocycles. The number of nitrogens with one attached hydrogen (secondary N) is 2. The number of alkyl halides is 3. The minimum atomic E-state index is -4.81. The van der Waals surface area contributed by atoms with E-state index in [9.17, 15) is 18.0 Å². The van der Waals surface area contributed by atoms with Crippen LogP contribution >= 0.6 is 0 Å². The zero-order valence-electron chi connectivity index (χ0n) is 10.1. The van der Waals surface area contributed by atoms with Crippen molar-refractivity contribution in [3.8, 4) is 0 Å². The van der Waals surface area contributed by atoms with E-state index in [1.54, 1.807) is 18.3 Å². The van der Waals surface area contributed by atoms with Crippen molar-refractivity contribution in [1.29, 1.82) is 0 Å². The van der Waals surface area contributed by atoms with Crippen molar-refractivity contribution in [2.24, 2.45) is 0 Å². The summed E-state index contributed by atoms with van der Waals surface area (Å²) in [6.07, 6.45) is 0.401. The molecule has 18 heavy (non-hydrogen) atoms. The Hall–Kier alpha value is -1.56. The van der Waals surface area contributed by atoms with Gasteiger partial charge >= 0.3 is 6.18 Å². The van der Waals surface area contributed by atoms with Gasteiger partial charge in [-0.3, -0.25) is 4.79 Å². The molecular formula is C12H15F3N2O. The number of carbonyl (C=O) groups is 1. The third-order valence-corrected chi connectivity index (χ3v) is 2.50. The maximum Gasteiger partial charge on any atom is 0.451 e. The van der Waals surface area contributed by atoms with Crippen LogP contribution in [0.4, 0.5) is 13.2 Å². The zero-order chi connectivity index (χ0) is 13.8. The Morgan fingerprint density at radius 2 is 2.22 bits per heavy atom. The van der Waals surface area contributed by atoms with Crippen LogP contribution in [0.3, 0.4) is 0 Å². The first-order chi connectivity index (χ1) is 8.38. The Balaban J connectivity index is 2.76. The van der Waals surface area contributed by atoms with Gasteiger partial charge in [0.15, 0.2) is 0 Å². The Morgan fingerprint density at radius 1 is 1.56 bits per heavy atom. The minimum Gasteiger partial charge on any atom is -0.361 e. The molecule has 1 atom stereocenters. The van der Waals surface area contributed by atoms with Crippen LogP contribution in [-0.2, 0) is 11.2 Å². The topological polar surface area (TPSA) is 44.9 Å². The number of hydrogen-bond donors (Lipinski definition) is 2. The molecule has 0 aromatic carbocycles. The number of allylic oxidation sites excluding steroid dienone is 1. The van der Waals surface area contributed by atoms with Gasteiger partial charge in [0.05, 0.1) is 6.04 Å². The largest absolute Gasteiger partial charge is 0.451 e. The number of hydrogen-bond acceptors (Lipinski definition) is 2. The van der Waals surface area contributed by atoms with E-state index in [0.717, 1.165) is 5.69 Å². The molecule has 1 unspecified atom stereocenters. The molecule has 0 bridgehead atoms. The fourth-order valence-corrected chi connectivity index (χ4v) is 1.61. The van der Waals surface area contributed by atoms with Crippen LogP contribution < -0.4 is 5.32 Å². The normalized spacial score (nSPS) is 14.1. The summed E-state index contributed by atoms with van der Waals surface area (Å²) >= 11 is 0. The molecule has 0 aliphatic rings. The molecule has 1 rings (SSSR count). The van der Waals surface area contributed by atoms with Gasteiger partial charge in [-0.25, -0.2) is 0 Å². The summed E-state index contributed by atoms with van der Waals surface area (Å²) in [4.78, 5) is 14.0. The van der Waals surface area contributed by atoms with Crippen molar-refractivity contribution in [3.05, 3.63) is 29.6 Å². The molecule has 100 valence electrons. The van der Waals surface area contributed by atoms with Crippen molar-refractivity contribution >= 4 is 11.9 Å². The summed E-state index contributed by atoms with van der Waals surface area (Å²) in [5.41, 5.74) is 1.45. The number of aromatic nitrogens is 1. The van der Waals surface area contributed by atoms with Crippen molar-refractivity contribution in [2.45, 2.75) is 25.6 Å². The van der Waals surface area contributed by atoms with E-state index in [1.165, 1.54) is 7.05 Å². The van der Waals surface area contributed by atoms with E-state index in [2.05, 4.69) is 10.3 Å². The lowest BCUT2D eigenvalue weighted by Crippen LogP contribution is -2.43. The number of likely N-dealkylation sites (N-methyl/N-ethyl adjacent to an activating group) is 1. The number of Topliss-reactive ketones (excluding diaryl/α,β-unsaturated/α-hetero) is 1. The van der Waals surface area contributed by atoms with Gasteiger partial charge in [0.1, 0.15) is 0 Å². The molecule has 3 nitrogen and oxygen atoms in total. The maximum absolute atomic E-state index is 12.3. The highest BCUT2D eigenvalue weighted by molar-refractivity contribution is 5.89. The number of rotatable bonds is 5. The van der Waals surface area contributed by atoms with E-state index >= 15 is 0 Å². The number of carbonyl (C=O) groups excluding carboxylic acids is 1. The summed E-state index contributed by atoms with van der Waals surface area (Å²) in [5.74, 6) is -1.75. The second-order valence-electron chi connectivity index (χ2n) is 3.87. The fourth-order valence-electron chi connectivity index (χ4n) is 1.61. The summed E-state index contributed by atoms with van der Waals surface area (Å²) in [7, 11) is 1.34. The lowest BCUT2D eigenvalue weighted by Gasteiger charge is -2.15. The number of aromatic amines is 1. The van der Waals surface area contributed by atoms with Crippen molar-refractivity contribution in [3.63, 3.8) is 0 Å². The van der Waals surface area contributed by atoms with E-state index in [1.807, 2.05) is 13.0 Å². The van der Waals surface area contributed by atoms with Crippen LogP contribution in [0.2, 0.25) is 0 Å². The van der Waals surface area contributed by atoms with Crippen molar-refractivity contribution in [1.82, 2.24) is 10.3 Å². The van der Waals surface area contributed by atoms with Crippen LogP contribution in [0.5, 0.6) is 0 Å². The summed E-state index contributed by atoms with van der Waals surface area (Å²) in [6.45, 7) is 1.84. The summed E-state index contributed by atoms with van der Waals surface area (Å²) in [6, 6.07) is 0.466. The fraction of sp³-hybridized carbons (Fsp3) is 0.417. The molecule has 0 aliphatic heterocycles. The maximum atomic E-state index is 12.3. The predicted octanol–water partition coefficient (Wildman–Crippen LogP) is 2.31. The third-order valence-electron chi connectivity index (χ3n) is 2.50. The summed E-state index contributed by atoms with van der Waals surface area (Å²) < 4.78 is 36.9. The van der Waals surface area contributed by atoms with Crippen LogP contribution in [0, 0.1) is 0 Å². The lowest BCUT2D eigenvalue weighted by molar-refractivity contribution is -0.173. The number of halogens is 3. The molecule has 0 amide bonds. The second-order valence-corrected chi connectivity index (χ2v) is 3.87. The van der Waals surface area contributed by atoms with Crippen molar-refractivity contribution in [2.75, 3.05) is 7.05 Å². The number of ketones is 1. The van der Waals surface area contributed by atoms with E-state index in [4.69, 9.17) is 0 Å².